The van der Waals surface area contributed by atoms with Crippen molar-refractivity contribution < 1.29 is 19.8 Å². The van der Waals surface area contributed by atoms with Gasteiger partial charge in [0, 0.05) is 16.3 Å². The molecule has 0 spiro atoms. The average molecular weight is 475 g/mol. The maximum absolute atomic E-state index is 13.1. The van der Waals surface area contributed by atoms with Crippen molar-refractivity contribution in [3.63, 3.8) is 0 Å². The second-order valence-electron chi connectivity index (χ2n) is 6.87. The number of phenols is 1. The molecule has 31 heavy (non-hydrogen) atoms. The number of aliphatic hydroxyl groups excluding tert-OH is 1. The van der Waals surface area contributed by atoms with Gasteiger partial charge in [-0.3, -0.25) is 14.5 Å². The molecule has 5 nitrogen and oxygen atoms in total. The fourth-order valence-corrected chi connectivity index (χ4v) is 4.02. The van der Waals surface area contributed by atoms with Crippen molar-refractivity contribution in [1.82, 2.24) is 0 Å². The summed E-state index contributed by atoms with van der Waals surface area (Å²) in [6.45, 7) is 0. The number of benzene rings is 3. The molecule has 156 valence electrons. The number of hydrogen-bond acceptors (Lipinski definition) is 4. The van der Waals surface area contributed by atoms with Crippen molar-refractivity contribution in [3.05, 3.63) is 98.5 Å². The van der Waals surface area contributed by atoms with Gasteiger partial charge in [0.15, 0.2) is 0 Å². The van der Waals surface area contributed by atoms with Gasteiger partial charge in [-0.15, -0.1) is 0 Å². The van der Waals surface area contributed by atoms with Gasteiger partial charge in [-0.25, -0.2) is 0 Å². The molecule has 1 aliphatic heterocycles. The van der Waals surface area contributed by atoms with Gasteiger partial charge >= 0.3 is 0 Å². The van der Waals surface area contributed by atoms with E-state index in [4.69, 9.17) is 34.8 Å². The van der Waals surface area contributed by atoms with E-state index in [1.165, 1.54) is 35.2 Å². The number of rotatable bonds is 3. The highest BCUT2D eigenvalue weighted by atomic mass is 35.5. The van der Waals surface area contributed by atoms with Crippen LogP contribution in [0.1, 0.15) is 17.2 Å². The number of phenolic OH excluding ortho intramolecular Hbond substituents is 1. The number of hydrogen-bond donors (Lipinski definition) is 2. The van der Waals surface area contributed by atoms with Gasteiger partial charge < -0.3 is 10.2 Å². The number of ketones is 1. The van der Waals surface area contributed by atoms with E-state index in [0.29, 0.717) is 16.3 Å². The Morgan fingerprint density at radius 1 is 0.871 bits per heavy atom. The minimum Gasteiger partial charge on any atom is -0.508 e. The van der Waals surface area contributed by atoms with Crippen molar-refractivity contribution in [2.75, 3.05) is 4.90 Å². The first kappa shape index (κ1) is 21.2. The van der Waals surface area contributed by atoms with E-state index in [1.54, 1.807) is 36.4 Å². The number of anilines is 1. The first-order valence-electron chi connectivity index (χ1n) is 9.09. The molecule has 1 heterocycles. The van der Waals surface area contributed by atoms with Crippen molar-refractivity contribution in [1.29, 1.82) is 0 Å². The van der Waals surface area contributed by atoms with Gasteiger partial charge in [0.05, 0.1) is 21.7 Å². The zero-order valence-electron chi connectivity index (χ0n) is 15.7. The third-order valence-corrected chi connectivity index (χ3v) is 5.88. The van der Waals surface area contributed by atoms with E-state index in [1.807, 2.05) is 0 Å². The molecular weight excluding hydrogens is 461 g/mol. The second kappa shape index (κ2) is 8.27. The number of aliphatic hydroxyl groups is 1. The van der Waals surface area contributed by atoms with Crippen LogP contribution >= 0.6 is 34.8 Å². The number of nitrogens with zero attached hydrogens (tertiary/aromatic N) is 1. The Hall–Kier alpha value is -2.99. The second-order valence-corrected chi connectivity index (χ2v) is 8.12. The summed E-state index contributed by atoms with van der Waals surface area (Å²) in [6, 6.07) is 15.9. The van der Waals surface area contributed by atoms with Gasteiger partial charge in [0.2, 0.25) is 0 Å². The molecule has 1 amide bonds. The third-order valence-electron chi connectivity index (χ3n) is 4.91. The Bertz CT molecular complexity index is 1260. The molecule has 1 unspecified atom stereocenters. The van der Waals surface area contributed by atoms with E-state index in [9.17, 15) is 19.8 Å². The maximum atomic E-state index is 13.1. The summed E-state index contributed by atoms with van der Waals surface area (Å²) in [7, 11) is 0. The Kier molecular flexibility index (Phi) is 5.67. The maximum Gasteiger partial charge on any atom is 0.300 e. The minimum atomic E-state index is -1.01. The zero-order valence-corrected chi connectivity index (χ0v) is 18.0. The van der Waals surface area contributed by atoms with E-state index in [-0.39, 0.29) is 32.7 Å². The number of carbonyl (C=O) groups excluding carboxylic acids is 2. The highest BCUT2D eigenvalue weighted by Gasteiger charge is 2.47. The predicted octanol–water partition coefficient (Wildman–Crippen LogP) is 5.98. The summed E-state index contributed by atoms with van der Waals surface area (Å²) >= 11 is 18.2. The van der Waals surface area contributed by atoms with Crippen LogP contribution in [0.5, 0.6) is 5.75 Å². The lowest BCUT2D eigenvalue weighted by atomic mass is 9.95. The van der Waals surface area contributed by atoms with Crippen LogP contribution in [0.3, 0.4) is 0 Å². The smallest absolute Gasteiger partial charge is 0.300 e. The Balaban J connectivity index is 1.97. The summed E-state index contributed by atoms with van der Waals surface area (Å²) in [5.74, 6) is -2.16. The summed E-state index contributed by atoms with van der Waals surface area (Å²) < 4.78 is 0. The van der Waals surface area contributed by atoms with Crippen molar-refractivity contribution in [2.45, 2.75) is 6.04 Å². The molecule has 4 rings (SSSR count). The molecular formula is C23H14Cl3NO4. The molecule has 2 N–H and O–H groups in total. The number of carbonyl (C=O) groups is 2. The number of Topliss-reactive ketones (excluding diaryl/α,β-unsaturated/α-hetero) is 1. The van der Waals surface area contributed by atoms with Gasteiger partial charge in [-0.2, -0.15) is 0 Å². The highest BCUT2D eigenvalue weighted by Crippen LogP contribution is 2.43. The van der Waals surface area contributed by atoms with E-state index in [2.05, 4.69) is 0 Å². The molecule has 0 aromatic heterocycles. The van der Waals surface area contributed by atoms with Crippen LogP contribution in [-0.4, -0.2) is 21.9 Å². The molecule has 0 bridgehead atoms. The standard InChI is InChI=1S/C23H14Cl3NO4/c24-14-5-1-4-13(9-14)21(29)19-20(12-3-2-6-16(28)10-12)27(23(31)22(19)30)15-7-8-17(25)18(26)11-15/h1-11,20,28-29H/b21-19+. The van der Waals surface area contributed by atoms with Crippen LogP contribution < -0.4 is 4.90 Å². The van der Waals surface area contributed by atoms with Gasteiger partial charge in [-0.1, -0.05) is 59.1 Å². The van der Waals surface area contributed by atoms with Crippen molar-refractivity contribution in [3.8, 4) is 5.75 Å². The molecule has 1 saturated heterocycles. The van der Waals surface area contributed by atoms with Crippen LogP contribution in [0.15, 0.2) is 72.3 Å². The number of amides is 1. The summed E-state index contributed by atoms with van der Waals surface area (Å²) in [6.07, 6.45) is 0. The Morgan fingerprint density at radius 3 is 2.29 bits per heavy atom. The monoisotopic (exact) mass is 473 g/mol. The SMILES string of the molecule is O=C1C(=O)N(c2ccc(Cl)c(Cl)c2)C(c2cccc(O)c2)/C1=C(\O)c1cccc(Cl)c1. The van der Waals surface area contributed by atoms with E-state index >= 15 is 0 Å². The molecule has 1 atom stereocenters. The first-order chi connectivity index (χ1) is 14.8. The van der Waals surface area contributed by atoms with Gasteiger partial charge in [0.25, 0.3) is 11.7 Å². The van der Waals surface area contributed by atoms with Crippen LogP contribution in [0, 0.1) is 0 Å². The minimum absolute atomic E-state index is 0.0556. The summed E-state index contributed by atoms with van der Waals surface area (Å²) in [4.78, 5) is 27.3. The number of aromatic hydroxyl groups is 1. The molecule has 3 aromatic rings. The number of halogens is 3. The molecule has 1 fully saturated rings. The lowest BCUT2D eigenvalue weighted by Gasteiger charge is -2.25. The molecule has 1 aliphatic rings. The van der Waals surface area contributed by atoms with Crippen LogP contribution in [0.2, 0.25) is 15.1 Å². The average Bonchev–Trinajstić information content (AvgIpc) is 3.00. The Morgan fingerprint density at radius 2 is 1.61 bits per heavy atom. The van der Waals surface area contributed by atoms with Crippen LogP contribution in [-0.2, 0) is 9.59 Å². The lowest BCUT2D eigenvalue weighted by molar-refractivity contribution is -0.132. The third kappa shape index (κ3) is 3.88. The Labute approximate surface area is 192 Å². The van der Waals surface area contributed by atoms with Crippen LogP contribution in [0.4, 0.5) is 5.69 Å². The van der Waals surface area contributed by atoms with E-state index < -0.39 is 17.7 Å². The molecule has 3 aromatic carbocycles. The fourth-order valence-electron chi connectivity index (χ4n) is 3.54. The zero-order chi connectivity index (χ0) is 22.3. The topological polar surface area (TPSA) is 77.8 Å². The van der Waals surface area contributed by atoms with Crippen molar-refractivity contribution in [2.24, 2.45) is 0 Å². The van der Waals surface area contributed by atoms with Gasteiger partial charge in [-0.05, 0) is 48.0 Å². The highest BCUT2D eigenvalue weighted by molar-refractivity contribution is 6.52. The van der Waals surface area contributed by atoms with Gasteiger partial charge in [0.1, 0.15) is 11.5 Å². The molecule has 8 heteroatoms. The fraction of sp³-hybridized carbons (Fsp3) is 0.0435. The normalized spacial score (nSPS) is 17.9. The first-order valence-corrected chi connectivity index (χ1v) is 10.2. The van der Waals surface area contributed by atoms with E-state index in [0.717, 1.165) is 0 Å². The summed E-state index contributed by atoms with van der Waals surface area (Å²) in [5, 5.41) is 21.9. The summed E-state index contributed by atoms with van der Waals surface area (Å²) in [5.41, 5.74) is 0.887. The molecule has 0 saturated carbocycles. The molecule has 0 aliphatic carbocycles. The lowest BCUT2D eigenvalue weighted by Crippen LogP contribution is -2.29. The predicted molar refractivity (Wildman–Crippen MR) is 121 cm³/mol. The largest absolute Gasteiger partial charge is 0.508 e. The van der Waals surface area contributed by atoms with Crippen LogP contribution in [0.25, 0.3) is 5.76 Å². The quantitative estimate of drug-likeness (QED) is 0.278. The van der Waals surface area contributed by atoms with Crippen molar-refractivity contribution >= 4 is 57.9 Å². The molecule has 0 radical (unpaired) electrons.